The summed E-state index contributed by atoms with van der Waals surface area (Å²) >= 11 is 0. The minimum Gasteiger partial charge on any atom is -0.508 e. The van der Waals surface area contributed by atoms with E-state index in [-0.39, 0.29) is 5.97 Å². The van der Waals surface area contributed by atoms with E-state index in [0.717, 1.165) is 30.5 Å². The number of benzene rings is 1. The standard InChI is InChI=1S/C16H17NO3/c1-20-16(19)14-9-12-6-5-11(15(12)17-14)7-10-3-2-4-13(18)8-10/h2-4,8-9,11,17-18H,5-7H2,1H3. The van der Waals surface area contributed by atoms with E-state index in [9.17, 15) is 9.90 Å². The highest BCUT2D eigenvalue weighted by molar-refractivity contribution is 5.87. The van der Waals surface area contributed by atoms with Crippen molar-refractivity contribution in [1.82, 2.24) is 4.98 Å². The predicted octanol–water partition coefficient (Wildman–Crippen LogP) is 2.78. The highest BCUT2D eigenvalue weighted by atomic mass is 16.5. The molecule has 2 N–H and O–H groups in total. The zero-order chi connectivity index (χ0) is 14.1. The molecule has 1 aliphatic carbocycles. The molecule has 0 radical (unpaired) electrons. The summed E-state index contributed by atoms with van der Waals surface area (Å²) in [5, 5.41) is 9.52. The first-order valence-corrected chi connectivity index (χ1v) is 6.75. The number of rotatable bonds is 3. The van der Waals surface area contributed by atoms with Crippen molar-refractivity contribution in [2.75, 3.05) is 7.11 Å². The quantitative estimate of drug-likeness (QED) is 0.844. The average Bonchev–Trinajstić information content (AvgIpc) is 3.00. The van der Waals surface area contributed by atoms with Gasteiger partial charge in [-0.05, 0) is 48.6 Å². The number of phenols is 1. The molecule has 20 heavy (non-hydrogen) atoms. The number of aromatic amines is 1. The largest absolute Gasteiger partial charge is 0.508 e. The highest BCUT2D eigenvalue weighted by Gasteiger charge is 2.26. The van der Waals surface area contributed by atoms with Crippen molar-refractivity contribution in [2.45, 2.75) is 25.2 Å². The van der Waals surface area contributed by atoms with Crippen LogP contribution in [0.5, 0.6) is 5.75 Å². The van der Waals surface area contributed by atoms with Crippen molar-refractivity contribution in [3.05, 3.63) is 52.8 Å². The van der Waals surface area contributed by atoms with Gasteiger partial charge < -0.3 is 14.8 Å². The average molecular weight is 271 g/mol. The maximum absolute atomic E-state index is 11.5. The van der Waals surface area contributed by atoms with E-state index in [2.05, 4.69) is 4.98 Å². The Kier molecular flexibility index (Phi) is 3.22. The molecule has 1 heterocycles. The number of ether oxygens (including phenoxy) is 1. The molecular formula is C16H17NO3. The lowest BCUT2D eigenvalue weighted by Gasteiger charge is -2.10. The molecule has 1 atom stereocenters. The summed E-state index contributed by atoms with van der Waals surface area (Å²) in [6, 6.07) is 9.23. The first kappa shape index (κ1) is 12.8. The topological polar surface area (TPSA) is 62.3 Å². The second-order valence-corrected chi connectivity index (χ2v) is 5.22. The van der Waals surface area contributed by atoms with E-state index in [4.69, 9.17) is 4.74 Å². The molecule has 3 rings (SSSR count). The van der Waals surface area contributed by atoms with E-state index < -0.39 is 0 Å². The second-order valence-electron chi connectivity index (χ2n) is 5.22. The Morgan fingerprint density at radius 1 is 1.45 bits per heavy atom. The van der Waals surface area contributed by atoms with Gasteiger partial charge in [0.15, 0.2) is 0 Å². The Bertz CT molecular complexity index is 645. The van der Waals surface area contributed by atoms with Gasteiger partial charge in [0.25, 0.3) is 0 Å². The molecule has 4 heteroatoms. The number of carbonyl (C=O) groups excluding carboxylic acids is 1. The summed E-state index contributed by atoms with van der Waals surface area (Å²) in [4.78, 5) is 14.7. The number of hydrogen-bond donors (Lipinski definition) is 2. The van der Waals surface area contributed by atoms with Crippen LogP contribution in [0.4, 0.5) is 0 Å². The Morgan fingerprint density at radius 3 is 3.05 bits per heavy atom. The van der Waals surface area contributed by atoms with Gasteiger partial charge in [0.2, 0.25) is 0 Å². The second kappa shape index (κ2) is 5.04. The summed E-state index contributed by atoms with van der Waals surface area (Å²) in [5.41, 5.74) is 3.97. The molecule has 0 aliphatic heterocycles. The molecule has 0 spiro atoms. The Balaban J connectivity index is 1.82. The van der Waals surface area contributed by atoms with Gasteiger partial charge in [0.1, 0.15) is 11.4 Å². The van der Waals surface area contributed by atoms with Crippen LogP contribution >= 0.6 is 0 Å². The number of esters is 1. The number of aromatic hydroxyl groups is 1. The molecule has 1 aliphatic rings. The van der Waals surface area contributed by atoms with Gasteiger partial charge in [-0.15, -0.1) is 0 Å². The van der Waals surface area contributed by atoms with Gasteiger partial charge >= 0.3 is 5.97 Å². The normalized spacial score (nSPS) is 16.9. The zero-order valence-corrected chi connectivity index (χ0v) is 11.3. The van der Waals surface area contributed by atoms with Crippen LogP contribution in [-0.2, 0) is 17.6 Å². The first-order chi connectivity index (χ1) is 9.67. The third-order valence-electron chi connectivity index (χ3n) is 3.90. The number of phenolic OH excluding ortho intramolecular Hbond substituents is 1. The molecule has 1 aromatic carbocycles. The van der Waals surface area contributed by atoms with E-state index in [1.54, 1.807) is 12.1 Å². The third kappa shape index (κ3) is 2.29. The van der Waals surface area contributed by atoms with Gasteiger partial charge in [0, 0.05) is 11.6 Å². The zero-order valence-electron chi connectivity index (χ0n) is 11.3. The molecule has 104 valence electrons. The Morgan fingerprint density at radius 2 is 2.30 bits per heavy atom. The van der Waals surface area contributed by atoms with Crippen molar-refractivity contribution < 1.29 is 14.6 Å². The number of H-pyrrole nitrogens is 1. The molecule has 0 fully saturated rings. The predicted molar refractivity (Wildman–Crippen MR) is 75.0 cm³/mol. The lowest BCUT2D eigenvalue weighted by molar-refractivity contribution is 0.0594. The fraction of sp³-hybridized carbons (Fsp3) is 0.312. The van der Waals surface area contributed by atoms with Crippen LogP contribution in [0.2, 0.25) is 0 Å². The summed E-state index contributed by atoms with van der Waals surface area (Å²) in [5.74, 6) is 0.336. The maximum atomic E-state index is 11.5. The summed E-state index contributed by atoms with van der Waals surface area (Å²) in [6.45, 7) is 0. The molecule has 0 saturated carbocycles. The fourth-order valence-corrected chi connectivity index (χ4v) is 2.95. The van der Waals surface area contributed by atoms with Crippen molar-refractivity contribution in [3.63, 3.8) is 0 Å². The first-order valence-electron chi connectivity index (χ1n) is 6.75. The van der Waals surface area contributed by atoms with Crippen LogP contribution < -0.4 is 0 Å². The lowest BCUT2D eigenvalue weighted by atomic mass is 9.97. The number of carbonyl (C=O) groups is 1. The lowest BCUT2D eigenvalue weighted by Crippen LogP contribution is -2.04. The molecule has 2 aromatic rings. The molecule has 0 saturated heterocycles. The van der Waals surface area contributed by atoms with Crippen LogP contribution in [-0.4, -0.2) is 23.2 Å². The van der Waals surface area contributed by atoms with Crippen LogP contribution in [0.15, 0.2) is 30.3 Å². The molecule has 4 nitrogen and oxygen atoms in total. The van der Waals surface area contributed by atoms with Crippen LogP contribution in [0.3, 0.4) is 0 Å². The molecule has 0 amide bonds. The molecule has 1 aromatic heterocycles. The van der Waals surface area contributed by atoms with E-state index in [1.165, 1.54) is 12.7 Å². The monoisotopic (exact) mass is 271 g/mol. The van der Waals surface area contributed by atoms with Crippen LogP contribution in [0, 0.1) is 0 Å². The Labute approximate surface area is 117 Å². The number of aromatic nitrogens is 1. The minimum absolute atomic E-state index is 0.294. The van der Waals surface area contributed by atoms with E-state index in [0.29, 0.717) is 17.4 Å². The van der Waals surface area contributed by atoms with Crippen LogP contribution in [0.1, 0.15) is 39.6 Å². The van der Waals surface area contributed by atoms with Gasteiger partial charge in [-0.3, -0.25) is 0 Å². The van der Waals surface area contributed by atoms with E-state index >= 15 is 0 Å². The van der Waals surface area contributed by atoms with Crippen LogP contribution in [0.25, 0.3) is 0 Å². The van der Waals surface area contributed by atoms with Gasteiger partial charge in [-0.1, -0.05) is 12.1 Å². The van der Waals surface area contributed by atoms with Gasteiger partial charge in [0.05, 0.1) is 7.11 Å². The number of fused-ring (bicyclic) bond motifs is 1. The highest BCUT2D eigenvalue weighted by Crippen LogP contribution is 2.36. The van der Waals surface area contributed by atoms with Crippen molar-refractivity contribution >= 4 is 5.97 Å². The van der Waals surface area contributed by atoms with Crippen molar-refractivity contribution in [3.8, 4) is 5.75 Å². The molecule has 0 bridgehead atoms. The number of methoxy groups -OCH3 is 1. The van der Waals surface area contributed by atoms with E-state index in [1.807, 2.05) is 18.2 Å². The number of aryl methyl sites for hydroxylation is 1. The number of nitrogens with one attached hydrogen (secondary N) is 1. The smallest absolute Gasteiger partial charge is 0.354 e. The SMILES string of the molecule is COC(=O)c1cc2c([nH]1)C(Cc1cccc(O)c1)CC2. The van der Waals surface area contributed by atoms with Gasteiger partial charge in [-0.25, -0.2) is 4.79 Å². The summed E-state index contributed by atoms with van der Waals surface area (Å²) < 4.78 is 4.74. The van der Waals surface area contributed by atoms with Crippen molar-refractivity contribution in [1.29, 1.82) is 0 Å². The molecule has 1 unspecified atom stereocenters. The minimum atomic E-state index is -0.324. The van der Waals surface area contributed by atoms with Gasteiger partial charge in [-0.2, -0.15) is 0 Å². The number of hydrogen-bond acceptors (Lipinski definition) is 3. The Hall–Kier alpha value is -2.23. The maximum Gasteiger partial charge on any atom is 0.354 e. The summed E-state index contributed by atoms with van der Waals surface area (Å²) in [7, 11) is 1.39. The van der Waals surface area contributed by atoms with Crippen molar-refractivity contribution in [2.24, 2.45) is 0 Å². The molecular weight excluding hydrogens is 254 g/mol. The third-order valence-corrected chi connectivity index (χ3v) is 3.90. The fourth-order valence-electron chi connectivity index (χ4n) is 2.95. The summed E-state index contributed by atoms with van der Waals surface area (Å²) in [6.07, 6.45) is 2.91.